The van der Waals surface area contributed by atoms with Crippen molar-refractivity contribution in [2.75, 3.05) is 7.11 Å². The van der Waals surface area contributed by atoms with Crippen molar-refractivity contribution in [1.29, 1.82) is 0 Å². The zero-order valence-electron chi connectivity index (χ0n) is 7.85. The third-order valence-corrected chi connectivity index (χ3v) is 2.79. The molecule has 13 heavy (non-hydrogen) atoms. The molecule has 1 aromatic carbocycles. The van der Waals surface area contributed by atoms with Crippen LogP contribution in [0.2, 0.25) is 0 Å². The molecule has 0 saturated carbocycles. The van der Waals surface area contributed by atoms with Crippen molar-refractivity contribution in [1.82, 2.24) is 0 Å². The van der Waals surface area contributed by atoms with E-state index in [1.165, 1.54) is 0 Å². The van der Waals surface area contributed by atoms with Gasteiger partial charge in [-0.1, -0.05) is 0 Å². The van der Waals surface area contributed by atoms with Crippen LogP contribution in [0.5, 0.6) is 5.75 Å². The highest BCUT2D eigenvalue weighted by atomic mass is 127. The van der Waals surface area contributed by atoms with E-state index in [-0.39, 0.29) is 5.78 Å². The first kappa shape index (κ1) is 10.5. The van der Waals surface area contributed by atoms with Gasteiger partial charge in [-0.3, -0.25) is 4.79 Å². The molecule has 0 spiro atoms. The Labute approximate surface area is 91.4 Å². The summed E-state index contributed by atoms with van der Waals surface area (Å²) in [5.74, 6) is 0.875. The molecule has 0 saturated heterocycles. The molecule has 0 aliphatic carbocycles. The summed E-state index contributed by atoms with van der Waals surface area (Å²) < 4.78 is 6.24. The summed E-state index contributed by atoms with van der Waals surface area (Å²) >= 11 is 2.19. The number of ketones is 1. The van der Waals surface area contributed by atoms with Crippen molar-refractivity contribution in [2.24, 2.45) is 0 Å². The van der Waals surface area contributed by atoms with E-state index in [4.69, 9.17) is 4.74 Å². The van der Waals surface area contributed by atoms with Gasteiger partial charge in [0.1, 0.15) is 5.75 Å². The lowest BCUT2D eigenvalue weighted by Gasteiger charge is -2.09. The van der Waals surface area contributed by atoms with E-state index in [1.54, 1.807) is 14.0 Å². The van der Waals surface area contributed by atoms with Crippen LogP contribution in [0, 0.1) is 10.5 Å². The average Bonchev–Trinajstić information content (AvgIpc) is 2.04. The third kappa shape index (κ3) is 2.02. The van der Waals surface area contributed by atoms with E-state index >= 15 is 0 Å². The van der Waals surface area contributed by atoms with E-state index in [0.717, 1.165) is 20.4 Å². The number of hydrogen-bond acceptors (Lipinski definition) is 2. The Balaban J connectivity index is 3.35. The molecular formula is C10H11IO2. The predicted octanol–water partition coefficient (Wildman–Crippen LogP) is 2.81. The highest BCUT2D eigenvalue weighted by molar-refractivity contribution is 14.1. The Kier molecular flexibility index (Phi) is 3.30. The number of methoxy groups -OCH3 is 1. The van der Waals surface area contributed by atoms with Gasteiger partial charge in [0.2, 0.25) is 0 Å². The average molecular weight is 290 g/mol. The minimum Gasteiger partial charge on any atom is -0.495 e. The molecule has 0 aliphatic rings. The quantitative estimate of drug-likeness (QED) is 0.618. The first-order valence-electron chi connectivity index (χ1n) is 3.92. The van der Waals surface area contributed by atoms with Crippen molar-refractivity contribution in [3.05, 3.63) is 26.8 Å². The zero-order chi connectivity index (χ0) is 10.0. The van der Waals surface area contributed by atoms with Gasteiger partial charge in [-0.25, -0.2) is 0 Å². The van der Waals surface area contributed by atoms with Crippen LogP contribution in [0.25, 0.3) is 0 Å². The van der Waals surface area contributed by atoms with Crippen LogP contribution in [-0.2, 0) is 0 Å². The minimum atomic E-state index is 0.0761. The molecular weight excluding hydrogens is 279 g/mol. The number of Topliss-reactive ketones (excluding diaryl/α,β-unsaturated/α-hetero) is 1. The summed E-state index contributed by atoms with van der Waals surface area (Å²) in [6, 6.07) is 3.73. The zero-order valence-corrected chi connectivity index (χ0v) is 10.0. The smallest absolute Gasteiger partial charge is 0.160 e. The fraction of sp³-hybridized carbons (Fsp3) is 0.300. The van der Waals surface area contributed by atoms with Crippen molar-refractivity contribution in [3.63, 3.8) is 0 Å². The van der Waals surface area contributed by atoms with Gasteiger partial charge in [-0.05, 0) is 48.6 Å². The second-order valence-corrected chi connectivity index (χ2v) is 3.97. The van der Waals surface area contributed by atoms with Crippen LogP contribution in [-0.4, -0.2) is 12.9 Å². The van der Waals surface area contributed by atoms with E-state index in [9.17, 15) is 4.79 Å². The molecule has 1 rings (SSSR count). The first-order chi connectivity index (χ1) is 6.07. The van der Waals surface area contributed by atoms with Crippen LogP contribution in [0.1, 0.15) is 22.8 Å². The largest absolute Gasteiger partial charge is 0.495 e. The number of carbonyl (C=O) groups excluding carboxylic acids is 1. The molecule has 2 nitrogen and oxygen atoms in total. The minimum absolute atomic E-state index is 0.0761. The molecule has 0 amide bonds. The topological polar surface area (TPSA) is 26.3 Å². The summed E-state index contributed by atoms with van der Waals surface area (Å²) in [6.45, 7) is 3.46. The normalized spacial score (nSPS) is 9.85. The molecule has 3 heteroatoms. The maximum Gasteiger partial charge on any atom is 0.160 e. The first-order valence-corrected chi connectivity index (χ1v) is 4.99. The lowest BCUT2D eigenvalue weighted by Crippen LogP contribution is -2.00. The lowest BCUT2D eigenvalue weighted by molar-refractivity contribution is 0.101. The monoisotopic (exact) mass is 290 g/mol. The number of carbonyl (C=O) groups is 1. The van der Waals surface area contributed by atoms with E-state index in [2.05, 4.69) is 22.6 Å². The van der Waals surface area contributed by atoms with Crippen molar-refractivity contribution < 1.29 is 9.53 Å². The number of rotatable bonds is 2. The van der Waals surface area contributed by atoms with Gasteiger partial charge < -0.3 is 4.74 Å². The summed E-state index contributed by atoms with van der Waals surface area (Å²) in [7, 11) is 1.62. The summed E-state index contributed by atoms with van der Waals surface area (Å²) in [6.07, 6.45) is 0. The van der Waals surface area contributed by atoms with Crippen LogP contribution >= 0.6 is 22.6 Å². The van der Waals surface area contributed by atoms with Crippen molar-refractivity contribution in [3.8, 4) is 5.75 Å². The third-order valence-electron chi connectivity index (χ3n) is 1.94. The van der Waals surface area contributed by atoms with Crippen LogP contribution < -0.4 is 4.74 Å². The van der Waals surface area contributed by atoms with Gasteiger partial charge in [0.05, 0.1) is 10.7 Å². The highest BCUT2D eigenvalue weighted by Gasteiger charge is 2.10. The Morgan fingerprint density at radius 1 is 1.46 bits per heavy atom. The molecule has 1 aromatic rings. The SMILES string of the molecule is COc1c(I)ccc(C(C)=O)c1C. The number of benzene rings is 1. The second kappa shape index (κ2) is 4.09. The molecule has 70 valence electrons. The Bertz CT molecular complexity index is 345. The number of hydrogen-bond donors (Lipinski definition) is 0. The molecule has 0 N–H and O–H groups in total. The van der Waals surface area contributed by atoms with Crippen LogP contribution in [0.4, 0.5) is 0 Å². The van der Waals surface area contributed by atoms with E-state index < -0.39 is 0 Å². The maximum atomic E-state index is 11.2. The summed E-state index contributed by atoms with van der Waals surface area (Å²) in [5, 5.41) is 0. The lowest BCUT2D eigenvalue weighted by atomic mass is 10.1. The van der Waals surface area contributed by atoms with Crippen molar-refractivity contribution in [2.45, 2.75) is 13.8 Å². The Morgan fingerprint density at radius 3 is 2.54 bits per heavy atom. The van der Waals surface area contributed by atoms with E-state index in [0.29, 0.717) is 0 Å². The standard InChI is InChI=1S/C10H11IO2/c1-6-8(7(2)12)4-5-9(11)10(6)13-3/h4-5H,1-3H3. The molecule has 0 aliphatic heterocycles. The summed E-state index contributed by atoms with van der Waals surface area (Å²) in [4.78, 5) is 11.2. The van der Waals surface area contributed by atoms with Crippen LogP contribution in [0.3, 0.4) is 0 Å². The molecule has 0 aromatic heterocycles. The Morgan fingerprint density at radius 2 is 2.08 bits per heavy atom. The van der Waals surface area contributed by atoms with Crippen LogP contribution in [0.15, 0.2) is 12.1 Å². The van der Waals surface area contributed by atoms with Gasteiger partial charge >= 0.3 is 0 Å². The molecule has 0 radical (unpaired) electrons. The summed E-state index contributed by atoms with van der Waals surface area (Å²) in [5.41, 5.74) is 1.65. The van der Waals surface area contributed by atoms with Gasteiger partial charge in [-0.15, -0.1) is 0 Å². The van der Waals surface area contributed by atoms with Gasteiger partial charge in [0, 0.05) is 11.1 Å². The predicted molar refractivity (Wildman–Crippen MR) is 60.5 cm³/mol. The fourth-order valence-electron chi connectivity index (χ4n) is 1.29. The van der Waals surface area contributed by atoms with Gasteiger partial charge in [-0.2, -0.15) is 0 Å². The molecule has 0 bridgehead atoms. The molecule has 0 atom stereocenters. The molecule has 0 fully saturated rings. The number of ether oxygens (including phenoxy) is 1. The highest BCUT2D eigenvalue weighted by Crippen LogP contribution is 2.27. The fourth-order valence-corrected chi connectivity index (χ4v) is 2.10. The van der Waals surface area contributed by atoms with Gasteiger partial charge in [0.15, 0.2) is 5.78 Å². The number of halogens is 1. The molecule has 0 unspecified atom stereocenters. The Hall–Kier alpha value is -0.580. The molecule has 0 heterocycles. The van der Waals surface area contributed by atoms with E-state index in [1.807, 2.05) is 19.1 Å². The van der Waals surface area contributed by atoms with Crippen molar-refractivity contribution >= 4 is 28.4 Å². The second-order valence-electron chi connectivity index (χ2n) is 2.81. The maximum absolute atomic E-state index is 11.2. The van der Waals surface area contributed by atoms with Gasteiger partial charge in [0.25, 0.3) is 0 Å².